The molecule has 0 fully saturated rings. The van der Waals surface area contributed by atoms with Gasteiger partial charge in [-0.3, -0.25) is 0 Å². The molecule has 0 N–H and O–H groups in total. The van der Waals surface area contributed by atoms with Crippen LogP contribution in [-0.4, -0.2) is 0 Å². The third-order valence-corrected chi connectivity index (χ3v) is 1.41. The minimum Gasteiger partial charge on any atom is -0.103 e. The van der Waals surface area contributed by atoms with Gasteiger partial charge in [0.1, 0.15) is 0 Å². The topological polar surface area (TPSA) is 0 Å². The first kappa shape index (κ1) is 8.74. The summed E-state index contributed by atoms with van der Waals surface area (Å²) in [5.41, 5.74) is 0. The van der Waals surface area contributed by atoms with Gasteiger partial charge in [0.05, 0.1) is 0 Å². The molecule has 0 aromatic heterocycles. The van der Waals surface area contributed by atoms with E-state index in [4.69, 9.17) is 0 Å². The summed E-state index contributed by atoms with van der Waals surface area (Å²) in [6.07, 6.45) is 9.55. The van der Waals surface area contributed by atoms with Gasteiger partial charge in [-0.05, 0) is 12.8 Å². The number of hydrogen-bond acceptors (Lipinski definition) is 0. The summed E-state index contributed by atoms with van der Waals surface area (Å²) in [6.45, 7) is 7.45. The fourth-order valence-electron chi connectivity index (χ4n) is 0.819. The Labute approximate surface area is 59.0 Å². The summed E-state index contributed by atoms with van der Waals surface area (Å²) < 4.78 is 0. The molecule has 1 radical (unpaired) electrons. The molecule has 0 heteroatoms. The van der Waals surface area contributed by atoms with Crippen LogP contribution in [0.2, 0.25) is 0 Å². The Hall–Kier alpha value is -0.260. The molecule has 0 aromatic carbocycles. The molecule has 0 aliphatic carbocycles. The van der Waals surface area contributed by atoms with Crippen molar-refractivity contribution in [1.82, 2.24) is 0 Å². The number of unbranched alkanes of at least 4 members (excludes halogenated alkanes) is 5. The number of allylic oxidation sites excluding steroid dienone is 1. The first-order valence-electron chi connectivity index (χ1n) is 3.82. The van der Waals surface area contributed by atoms with Crippen molar-refractivity contribution >= 4 is 0 Å². The molecule has 9 heavy (non-hydrogen) atoms. The quantitative estimate of drug-likeness (QED) is 0.377. The van der Waals surface area contributed by atoms with E-state index in [0.29, 0.717) is 0 Å². The highest BCUT2D eigenvalue weighted by molar-refractivity contribution is 4.65. The van der Waals surface area contributed by atoms with E-state index < -0.39 is 0 Å². The Bertz CT molecular complexity index is 55.1. The second-order valence-electron chi connectivity index (χ2n) is 2.35. The van der Waals surface area contributed by atoms with Gasteiger partial charge in [-0.15, -0.1) is 6.58 Å². The number of rotatable bonds is 6. The lowest BCUT2D eigenvalue weighted by atomic mass is 10.1. The van der Waals surface area contributed by atoms with Crippen LogP contribution in [0.5, 0.6) is 0 Å². The molecule has 0 bridgehead atoms. The van der Waals surface area contributed by atoms with Gasteiger partial charge in [-0.2, -0.15) is 0 Å². The Morgan fingerprint density at radius 3 is 2.22 bits per heavy atom. The van der Waals surface area contributed by atoms with Crippen molar-refractivity contribution in [2.75, 3.05) is 0 Å². The Morgan fingerprint density at radius 2 is 1.67 bits per heavy atom. The molecule has 0 rings (SSSR count). The van der Waals surface area contributed by atoms with Gasteiger partial charge < -0.3 is 0 Å². The van der Waals surface area contributed by atoms with Gasteiger partial charge in [-0.1, -0.05) is 38.7 Å². The zero-order chi connectivity index (χ0) is 6.95. The molecule has 0 aliphatic rings. The summed E-state index contributed by atoms with van der Waals surface area (Å²) in [4.78, 5) is 0. The molecule has 0 nitrogen and oxygen atoms in total. The molecule has 0 aliphatic heterocycles. The molecular weight excluding hydrogens is 108 g/mol. The van der Waals surface area contributed by atoms with E-state index in [0.717, 1.165) is 6.42 Å². The largest absolute Gasteiger partial charge is 0.103 e. The van der Waals surface area contributed by atoms with Gasteiger partial charge >= 0.3 is 0 Å². The van der Waals surface area contributed by atoms with Crippen LogP contribution in [0.3, 0.4) is 0 Å². The van der Waals surface area contributed by atoms with Crippen molar-refractivity contribution in [1.29, 1.82) is 0 Å². The maximum atomic E-state index is 3.78. The zero-order valence-electron chi connectivity index (χ0n) is 6.23. The Balaban J connectivity index is 2.66. The van der Waals surface area contributed by atoms with E-state index in [1.807, 2.05) is 6.08 Å². The lowest BCUT2D eigenvalue weighted by molar-refractivity contribution is 0.652. The maximum absolute atomic E-state index is 3.78. The minimum atomic E-state index is 1.09. The lowest BCUT2D eigenvalue weighted by Gasteiger charge is -1.94. The summed E-state index contributed by atoms with van der Waals surface area (Å²) >= 11 is 0. The van der Waals surface area contributed by atoms with Crippen LogP contribution in [-0.2, 0) is 0 Å². The highest BCUT2D eigenvalue weighted by atomic mass is 13.9. The van der Waals surface area contributed by atoms with E-state index in [1.54, 1.807) is 0 Å². The molecule has 0 aromatic rings. The molecule has 0 heterocycles. The summed E-state index contributed by atoms with van der Waals surface area (Å²) in [7, 11) is 0. The van der Waals surface area contributed by atoms with E-state index >= 15 is 0 Å². The van der Waals surface area contributed by atoms with Crippen LogP contribution >= 0.6 is 0 Å². The minimum absolute atomic E-state index is 1.09. The van der Waals surface area contributed by atoms with Gasteiger partial charge in [-0.25, -0.2) is 0 Å². The monoisotopic (exact) mass is 125 g/mol. The van der Waals surface area contributed by atoms with Crippen LogP contribution in [0, 0.1) is 6.92 Å². The van der Waals surface area contributed by atoms with Crippen molar-refractivity contribution in [3.63, 3.8) is 0 Å². The average molecular weight is 125 g/mol. The van der Waals surface area contributed by atoms with Gasteiger partial charge in [0.25, 0.3) is 0 Å². The van der Waals surface area contributed by atoms with Crippen molar-refractivity contribution < 1.29 is 0 Å². The SMILES string of the molecule is [CH2]CCCCCCC=C. The molecule has 0 atom stereocenters. The maximum Gasteiger partial charge on any atom is -0.0353 e. The predicted molar refractivity (Wildman–Crippen MR) is 43.3 cm³/mol. The normalized spacial score (nSPS) is 9.44. The van der Waals surface area contributed by atoms with Crippen LogP contribution in [0.1, 0.15) is 38.5 Å². The van der Waals surface area contributed by atoms with Crippen LogP contribution in [0.15, 0.2) is 12.7 Å². The molecule has 0 unspecified atom stereocenters. The fourth-order valence-corrected chi connectivity index (χ4v) is 0.819. The van der Waals surface area contributed by atoms with Crippen molar-refractivity contribution in [3.05, 3.63) is 19.6 Å². The molecule has 53 valence electrons. The fraction of sp³-hybridized carbons (Fsp3) is 0.667. The third kappa shape index (κ3) is 7.74. The van der Waals surface area contributed by atoms with E-state index in [-0.39, 0.29) is 0 Å². The molecule has 0 saturated carbocycles. The smallest absolute Gasteiger partial charge is 0.0353 e. The van der Waals surface area contributed by atoms with E-state index in [2.05, 4.69) is 13.5 Å². The van der Waals surface area contributed by atoms with Crippen LogP contribution < -0.4 is 0 Å². The van der Waals surface area contributed by atoms with Crippen LogP contribution in [0.25, 0.3) is 0 Å². The second-order valence-corrected chi connectivity index (χ2v) is 2.35. The average Bonchev–Trinajstić information content (AvgIpc) is 1.89. The number of hydrogen-bond donors (Lipinski definition) is 0. The standard InChI is InChI=1S/C9H17/c1-3-5-7-9-8-6-4-2/h3H,1-2,4-9H2. The van der Waals surface area contributed by atoms with E-state index in [9.17, 15) is 0 Å². The van der Waals surface area contributed by atoms with Crippen molar-refractivity contribution in [3.8, 4) is 0 Å². The Kier molecular flexibility index (Phi) is 7.52. The summed E-state index contributed by atoms with van der Waals surface area (Å²) in [6, 6.07) is 0. The van der Waals surface area contributed by atoms with Crippen molar-refractivity contribution in [2.24, 2.45) is 0 Å². The third-order valence-electron chi connectivity index (χ3n) is 1.41. The van der Waals surface area contributed by atoms with Crippen LogP contribution in [0.4, 0.5) is 0 Å². The summed E-state index contributed by atoms with van der Waals surface area (Å²) in [5, 5.41) is 0. The zero-order valence-corrected chi connectivity index (χ0v) is 6.23. The highest BCUT2D eigenvalue weighted by Crippen LogP contribution is 2.04. The summed E-state index contributed by atoms with van der Waals surface area (Å²) in [5.74, 6) is 0. The van der Waals surface area contributed by atoms with E-state index in [1.165, 1.54) is 32.1 Å². The van der Waals surface area contributed by atoms with Gasteiger partial charge in [0, 0.05) is 0 Å². The lowest BCUT2D eigenvalue weighted by Crippen LogP contribution is -1.74. The predicted octanol–water partition coefficient (Wildman–Crippen LogP) is 3.35. The van der Waals surface area contributed by atoms with Gasteiger partial charge in [0.15, 0.2) is 0 Å². The first-order chi connectivity index (χ1) is 4.41. The molecule has 0 saturated heterocycles. The molecule has 0 spiro atoms. The second kappa shape index (κ2) is 7.74. The Morgan fingerprint density at radius 1 is 1.00 bits per heavy atom. The molecule has 0 amide bonds. The van der Waals surface area contributed by atoms with Crippen molar-refractivity contribution in [2.45, 2.75) is 38.5 Å². The van der Waals surface area contributed by atoms with Gasteiger partial charge in [0.2, 0.25) is 0 Å². The highest BCUT2D eigenvalue weighted by Gasteiger charge is 1.84. The first-order valence-corrected chi connectivity index (χ1v) is 3.82. The molecular formula is C9H17.